The zero-order chi connectivity index (χ0) is 10.3. The van der Waals surface area contributed by atoms with Crippen LogP contribution >= 0.6 is 0 Å². The molecule has 2 rings (SSSR count). The molecule has 0 aliphatic heterocycles. The Morgan fingerprint density at radius 2 is 1.79 bits per heavy atom. The summed E-state index contributed by atoms with van der Waals surface area (Å²) in [7, 11) is 0. The fourth-order valence-electron chi connectivity index (χ4n) is 2.73. The van der Waals surface area contributed by atoms with Gasteiger partial charge in [-0.1, -0.05) is 44.5 Å². The number of benzene rings is 1. The fraction of sp³-hybridized carbons (Fsp3) is 0.571. The first-order valence-electron chi connectivity index (χ1n) is 5.70. The van der Waals surface area contributed by atoms with E-state index in [-0.39, 0.29) is 0 Å². The van der Waals surface area contributed by atoms with Crippen LogP contribution in [0.1, 0.15) is 55.7 Å². The van der Waals surface area contributed by atoms with Gasteiger partial charge in [-0.15, -0.1) is 0 Å². The summed E-state index contributed by atoms with van der Waals surface area (Å²) in [6.07, 6.45) is 1.34. The van der Waals surface area contributed by atoms with Crippen molar-refractivity contribution in [1.29, 1.82) is 0 Å². The van der Waals surface area contributed by atoms with E-state index in [1.54, 1.807) is 11.1 Å². The van der Waals surface area contributed by atoms with E-state index in [0.29, 0.717) is 0 Å². The van der Waals surface area contributed by atoms with Crippen LogP contribution in [0.4, 0.5) is 0 Å². The average molecular weight is 188 g/mol. The first kappa shape index (κ1) is 9.76. The first-order chi connectivity index (χ1) is 6.59. The van der Waals surface area contributed by atoms with Crippen molar-refractivity contribution in [2.24, 2.45) is 5.92 Å². The van der Waals surface area contributed by atoms with Crippen molar-refractivity contribution in [3.05, 3.63) is 34.9 Å². The standard InChI is InChI=1S/C14H20/c1-9-5-6-13-12(4)10(2)8-11(3)14(13)7-9/h5-7,10-12H,8H2,1-4H3. The molecule has 0 nitrogen and oxygen atoms in total. The molecule has 0 N–H and O–H groups in total. The van der Waals surface area contributed by atoms with E-state index < -0.39 is 0 Å². The molecular formula is C14H20. The van der Waals surface area contributed by atoms with Gasteiger partial charge >= 0.3 is 0 Å². The SMILES string of the molecule is Cc1ccc2c(c1)C(C)CC(C)C2C. The van der Waals surface area contributed by atoms with Gasteiger partial charge in [-0.2, -0.15) is 0 Å². The molecule has 0 amide bonds. The molecular weight excluding hydrogens is 168 g/mol. The lowest BCUT2D eigenvalue weighted by atomic mass is 9.72. The van der Waals surface area contributed by atoms with Crippen LogP contribution in [0, 0.1) is 12.8 Å². The van der Waals surface area contributed by atoms with Crippen LogP contribution in [0.5, 0.6) is 0 Å². The summed E-state index contributed by atoms with van der Waals surface area (Å²) >= 11 is 0. The average Bonchev–Trinajstić information content (AvgIpc) is 2.14. The molecule has 76 valence electrons. The normalized spacial score (nSPS) is 31.3. The van der Waals surface area contributed by atoms with Crippen LogP contribution in [0.2, 0.25) is 0 Å². The van der Waals surface area contributed by atoms with E-state index in [1.807, 2.05) is 0 Å². The van der Waals surface area contributed by atoms with E-state index in [4.69, 9.17) is 0 Å². The Kier molecular flexibility index (Phi) is 2.38. The molecule has 0 bridgehead atoms. The Balaban J connectivity index is 2.50. The lowest BCUT2D eigenvalue weighted by Gasteiger charge is -2.33. The molecule has 0 aromatic heterocycles. The molecule has 1 aliphatic carbocycles. The molecule has 0 heterocycles. The fourth-order valence-corrected chi connectivity index (χ4v) is 2.73. The monoisotopic (exact) mass is 188 g/mol. The van der Waals surface area contributed by atoms with Crippen LogP contribution in [0.25, 0.3) is 0 Å². The minimum Gasteiger partial charge on any atom is -0.0619 e. The lowest BCUT2D eigenvalue weighted by Crippen LogP contribution is -2.18. The Morgan fingerprint density at radius 1 is 1.07 bits per heavy atom. The Labute approximate surface area is 87.3 Å². The van der Waals surface area contributed by atoms with E-state index in [1.165, 1.54) is 12.0 Å². The Hall–Kier alpha value is -0.780. The summed E-state index contributed by atoms with van der Waals surface area (Å²) < 4.78 is 0. The summed E-state index contributed by atoms with van der Waals surface area (Å²) in [6, 6.07) is 6.96. The zero-order valence-electron chi connectivity index (χ0n) is 9.67. The third-order valence-electron chi connectivity index (χ3n) is 3.84. The van der Waals surface area contributed by atoms with Crippen molar-refractivity contribution >= 4 is 0 Å². The highest BCUT2D eigenvalue weighted by Crippen LogP contribution is 2.42. The van der Waals surface area contributed by atoms with Gasteiger partial charge in [0.1, 0.15) is 0 Å². The van der Waals surface area contributed by atoms with Gasteiger partial charge in [-0.25, -0.2) is 0 Å². The second-order valence-electron chi connectivity index (χ2n) is 5.04. The summed E-state index contributed by atoms with van der Waals surface area (Å²) in [4.78, 5) is 0. The molecule has 0 radical (unpaired) electrons. The first-order valence-corrected chi connectivity index (χ1v) is 5.70. The van der Waals surface area contributed by atoms with Crippen molar-refractivity contribution in [2.45, 2.75) is 46.0 Å². The van der Waals surface area contributed by atoms with Crippen molar-refractivity contribution in [2.75, 3.05) is 0 Å². The van der Waals surface area contributed by atoms with E-state index in [2.05, 4.69) is 45.9 Å². The molecule has 0 saturated heterocycles. The maximum Gasteiger partial charge on any atom is -0.0162 e. The largest absolute Gasteiger partial charge is 0.0619 e. The van der Waals surface area contributed by atoms with Gasteiger partial charge < -0.3 is 0 Å². The van der Waals surface area contributed by atoms with Gasteiger partial charge in [-0.3, -0.25) is 0 Å². The molecule has 1 aromatic carbocycles. The minimum absolute atomic E-state index is 0.738. The maximum atomic E-state index is 2.38. The topological polar surface area (TPSA) is 0 Å². The van der Waals surface area contributed by atoms with Gasteiger partial charge in [0.2, 0.25) is 0 Å². The van der Waals surface area contributed by atoms with Crippen LogP contribution in [0.3, 0.4) is 0 Å². The molecule has 14 heavy (non-hydrogen) atoms. The molecule has 3 atom stereocenters. The number of aryl methyl sites for hydroxylation is 1. The van der Waals surface area contributed by atoms with Crippen molar-refractivity contribution in [1.82, 2.24) is 0 Å². The molecule has 0 saturated carbocycles. The van der Waals surface area contributed by atoms with Gasteiger partial charge in [0, 0.05) is 0 Å². The van der Waals surface area contributed by atoms with Gasteiger partial charge in [0.25, 0.3) is 0 Å². The maximum absolute atomic E-state index is 2.38. The van der Waals surface area contributed by atoms with Crippen molar-refractivity contribution < 1.29 is 0 Å². The quantitative estimate of drug-likeness (QED) is 0.571. The van der Waals surface area contributed by atoms with Crippen LogP contribution in [-0.4, -0.2) is 0 Å². The Morgan fingerprint density at radius 3 is 2.50 bits per heavy atom. The molecule has 1 aromatic rings. The second-order valence-corrected chi connectivity index (χ2v) is 5.04. The minimum atomic E-state index is 0.738. The summed E-state index contributed by atoms with van der Waals surface area (Å²) in [5.41, 5.74) is 4.58. The van der Waals surface area contributed by atoms with E-state index in [0.717, 1.165) is 17.8 Å². The molecule has 0 fully saturated rings. The van der Waals surface area contributed by atoms with Crippen molar-refractivity contribution in [3.63, 3.8) is 0 Å². The lowest BCUT2D eigenvalue weighted by molar-refractivity contribution is 0.389. The number of hydrogen-bond acceptors (Lipinski definition) is 0. The van der Waals surface area contributed by atoms with Gasteiger partial charge in [-0.05, 0) is 42.2 Å². The molecule has 3 unspecified atom stereocenters. The van der Waals surface area contributed by atoms with E-state index in [9.17, 15) is 0 Å². The number of rotatable bonds is 0. The number of hydrogen-bond donors (Lipinski definition) is 0. The van der Waals surface area contributed by atoms with Gasteiger partial charge in [0.15, 0.2) is 0 Å². The van der Waals surface area contributed by atoms with Gasteiger partial charge in [0.05, 0.1) is 0 Å². The van der Waals surface area contributed by atoms with Crippen LogP contribution < -0.4 is 0 Å². The predicted molar refractivity (Wildman–Crippen MR) is 61.8 cm³/mol. The van der Waals surface area contributed by atoms with Crippen LogP contribution in [-0.2, 0) is 0 Å². The summed E-state index contributed by atoms with van der Waals surface area (Å²) in [6.45, 7) is 9.30. The number of fused-ring (bicyclic) bond motifs is 1. The molecule has 0 spiro atoms. The molecule has 0 heteroatoms. The third kappa shape index (κ3) is 1.47. The molecule has 1 aliphatic rings. The third-order valence-corrected chi connectivity index (χ3v) is 3.84. The zero-order valence-corrected chi connectivity index (χ0v) is 9.67. The second kappa shape index (κ2) is 3.42. The highest BCUT2D eigenvalue weighted by atomic mass is 14.3. The predicted octanol–water partition coefficient (Wildman–Crippen LogP) is 4.24. The smallest absolute Gasteiger partial charge is 0.0162 e. The summed E-state index contributed by atoms with van der Waals surface area (Å²) in [5, 5.41) is 0. The van der Waals surface area contributed by atoms with Crippen molar-refractivity contribution in [3.8, 4) is 0 Å². The highest BCUT2D eigenvalue weighted by Gasteiger charge is 2.27. The highest BCUT2D eigenvalue weighted by molar-refractivity contribution is 5.38. The van der Waals surface area contributed by atoms with Crippen LogP contribution in [0.15, 0.2) is 18.2 Å². The Bertz CT molecular complexity index is 338. The van der Waals surface area contributed by atoms with E-state index >= 15 is 0 Å². The summed E-state index contributed by atoms with van der Waals surface area (Å²) in [5.74, 6) is 2.32.